The Labute approximate surface area is 198 Å². The topological polar surface area (TPSA) is 57.2 Å². The van der Waals surface area contributed by atoms with Gasteiger partial charge in [0.05, 0.1) is 5.41 Å². The summed E-state index contributed by atoms with van der Waals surface area (Å²) in [5, 5.41) is 1.88. The SMILES string of the molecule is CCCN(CCC)OOSCC12CCC(CC13OC(=O)[C@](C)(C1CCCCC1)O3)C2(C)C. The standard InChI is InChI=1S/C25H43NO5S/c1-6-15-26(16-7-2)30-31-32-18-24-14-13-20(22(24,3)4)17-25(24)28-21(27)23(5,29-25)19-11-9-8-10-12-19/h19-20H,6-18H2,1-5H3/t20?,23-,24?,25?/m0/s1. The molecule has 1 spiro atoms. The Balaban J connectivity index is 1.50. The maximum absolute atomic E-state index is 13.3. The van der Waals surface area contributed by atoms with Gasteiger partial charge in [-0.3, -0.25) is 0 Å². The number of hydrogen-bond acceptors (Lipinski definition) is 7. The van der Waals surface area contributed by atoms with E-state index in [1.54, 1.807) is 0 Å². The molecule has 6 nitrogen and oxygen atoms in total. The lowest BCUT2D eigenvalue weighted by Crippen LogP contribution is -2.53. The maximum atomic E-state index is 13.3. The van der Waals surface area contributed by atoms with Crippen LogP contribution in [0.2, 0.25) is 0 Å². The van der Waals surface area contributed by atoms with Crippen LogP contribution in [-0.4, -0.2) is 41.3 Å². The second kappa shape index (κ2) is 9.37. The van der Waals surface area contributed by atoms with Crippen molar-refractivity contribution in [2.45, 2.75) is 110 Å². The highest BCUT2D eigenvalue weighted by Crippen LogP contribution is 2.74. The Kier molecular flexibility index (Phi) is 7.25. The average Bonchev–Trinajstić information content (AvgIpc) is 3.24. The highest BCUT2D eigenvalue weighted by Gasteiger charge is 2.78. The zero-order valence-electron chi connectivity index (χ0n) is 20.7. The van der Waals surface area contributed by atoms with Crippen LogP contribution in [0.15, 0.2) is 0 Å². The third-order valence-electron chi connectivity index (χ3n) is 9.28. The summed E-state index contributed by atoms with van der Waals surface area (Å²) in [4.78, 5) is 18.9. The third kappa shape index (κ3) is 3.84. The molecule has 184 valence electrons. The van der Waals surface area contributed by atoms with E-state index in [2.05, 4.69) is 27.7 Å². The number of carbonyl (C=O) groups is 1. The van der Waals surface area contributed by atoms with Crippen LogP contribution in [0.3, 0.4) is 0 Å². The van der Waals surface area contributed by atoms with Crippen LogP contribution in [-0.2, 0) is 23.6 Å². The quantitative estimate of drug-likeness (QED) is 0.127. The van der Waals surface area contributed by atoms with Gasteiger partial charge in [0.25, 0.3) is 0 Å². The molecule has 0 radical (unpaired) electrons. The van der Waals surface area contributed by atoms with Gasteiger partial charge >= 0.3 is 5.97 Å². The van der Waals surface area contributed by atoms with Crippen LogP contribution in [0.1, 0.15) is 98.8 Å². The van der Waals surface area contributed by atoms with Crippen LogP contribution in [0.5, 0.6) is 0 Å². The number of ether oxygens (including phenoxy) is 2. The molecule has 32 heavy (non-hydrogen) atoms. The summed E-state index contributed by atoms with van der Waals surface area (Å²) in [6.45, 7) is 12.6. The summed E-state index contributed by atoms with van der Waals surface area (Å²) >= 11 is 1.35. The Bertz CT molecular complexity index is 677. The minimum absolute atomic E-state index is 0.00792. The first kappa shape index (κ1) is 24.8. The van der Waals surface area contributed by atoms with Gasteiger partial charge < -0.3 is 9.47 Å². The van der Waals surface area contributed by atoms with Crippen molar-refractivity contribution in [2.24, 2.45) is 22.7 Å². The molecule has 0 aromatic rings. The summed E-state index contributed by atoms with van der Waals surface area (Å²) < 4.78 is 18.9. The fourth-order valence-corrected chi connectivity index (χ4v) is 8.25. The Morgan fingerprint density at radius 2 is 1.72 bits per heavy atom. The molecule has 4 atom stereocenters. The first-order chi connectivity index (χ1) is 15.2. The van der Waals surface area contributed by atoms with Crippen molar-refractivity contribution in [3.63, 3.8) is 0 Å². The molecule has 1 saturated heterocycles. The fraction of sp³-hybridized carbons (Fsp3) is 0.960. The van der Waals surface area contributed by atoms with E-state index in [0.29, 0.717) is 11.7 Å². The molecule has 0 N–H and O–H groups in total. The van der Waals surface area contributed by atoms with E-state index in [-0.39, 0.29) is 22.7 Å². The minimum Gasteiger partial charge on any atom is -0.430 e. The second-order valence-electron chi connectivity index (χ2n) is 11.3. The van der Waals surface area contributed by atoms with Crippen molar-refractivity contribution in [1.29, 1.82) is 0 Å². The van der Waals surface area contributed by atoms with Crippen LogP contribution in [0.25, 0.3) is 0 Å². The van der Waals surface area contributed by atoms with Gasteiger partial charge in [0, 0.05) is 37.3 Å². The summed E-state index contributed by atoms with van der Waals surface area (Å²) in [6, 6.07) is 0. The smallest absolute Gasteiger partial charge is 0.341 e. The second-order valence-corrected chi connectivity index (χ2v) is 11.9. The van der Waals surface area contributed by atoms with E-state index in [0.717, 1.165) is 58.0 Å². The number of carbonyl (C=O) groups excluding carboxylic acids is 1. The van der Waals surface area contributed by atoms with E-state index < -0.39 is 11.4 Å². The molecular formula is C25H43NO5S. The zero-order valence-corrected chi connectivity index (χ0v) is 21.6. The Morgan fingerprint density at radius 3 is 2.34 bits per heavy atom. The lowest BCUT2D eigenvalue weighted by Gasteiger charge is -2.47. The highest BCUT2D eigenvalue weighted by atomic mass is 32.2. The molecule has 3 unspecified atom stereocenters. The van der Waals surface area contributed by atoms with Gasteiger partial charge in [-0.15, -0.1) is 9.32 Å². The predicted octanol–water partition coefficient (Wildman–Crippen LogP) is 6.05. The first-order valence-electron chi connectivity index (χ1n) is 12.9. The number of nitrogens with zero attached hydrogens (tertiary/aromatic N) is 1. The highest BCUT2D eigenvalue weighted by molar-refractivity contribution is 7.94. The largest absolute Gasteiger partial charge is 0.430 e. The van der Waals surface area contributed by atoms with Gasteiger partial charge in [-0.25, -0.2) is 4.79 Å². The Morgan fingerprint density at radius 1 is 1.03 bits per heavy atom. The lowest BCUT2D eigenvalue weighted by molar-refractivity contribution is -0.360. The summed E-state index contributed by atoms with van der Waals surface area (Å²) in [5.74, 6) is 0.446. The van der Waals surface area contributed by atoms with Gasteiger partial charge in [-0.2, -0.15) is 5.06 Å². The number of esters is 1. The third-order valence-corrected chi connectivity index (χ3v) is 10.0. The monoisotopic (exact) mass is 469 g/mol. The first-order valence-corrected chi connectivity index (χ1v) is 13.8. The molecule has 1 aliphatic heterocycles. The summed E-state index contributed by atoms with van der Waals surface area (Å²) in [7, 11) is 0. The molecule has 7 heteroatoms. The van der Waals surface area contributed by atoms with Crippen LogP contribution >= 0.6 is 12.0 Å². The number of hydrogen-bond donors (Lipinski definition) is 0. The van der Waals surface area contributed by atoms with Crippen molar-refractivity contribution in [3.05, 3.63) is 0 Å². The fourth-order valence-electron chi connectivity index (χ4n) is 7.13. The molecule has 0 aromatic carbocycles. The maximum Gasteiger partial charge on any atom is 0.341 e. The van der Waals surface area contributed by atoms with E-state index in [1.165, 1.54) is 31.3 Å². The molecule has 4 fully saturated rings. The molecule has 2 bridgehead atoms. The van der Waals surface area contributed by atoms with Crippen molar-refractivity contribution >= 4 is 18.0 Å². The number of rotatable bonds is 10. The molecule has 0 aromatic heterocycles. The Hall–Kier alpha value is -0.340. The number of hydroxylamine groups is 2. The van der Waals surface area contributed by atoms with Crippen LogP contribution < -0.4 is 0 Å². The average molecular weight is 470 g/mol. The van der Waals surface area contributed by atoms with Crippen molar-refractivity contribution in [2.75, 3.05) is 18.8 Å². The van der Waals surface area contributed by atoms with E-state index in [4.69, 9.17) is 18.8 Å². The van der Waals surface area contributed by atoms with E-state index in [9.17, 15) is 4.79 Å². The van der Waals surface area contributed by atoms with Crippen molar-refractivity contribution in [3.8, 4) is 0 Å². The van der Waals surface area contributed by atoms with Gasteiger partial charge in [0.1, 0.15) is 0 Å². The lowest BCUT2D eigenvalue weighted by atomic mass is 9.68. The zero-order chi connectivity index (χ0) is 23.0. The molecule has 3 aliphatic carbocycles. The molecule has 4 rings (SSSR count). The molecule has 0 amide bonds. The van der Waals surface area contributed by atoms with Crippen molar-refractivity contribution in [1.82, 2.24) is 5.06 Å². The minimum atomic E-state index is -0.842. The summed E-state index contributed by atoms with van der Waals surface area (Å²) in [5.41, 5.74) is -1.09. The normalized spacial score (nSPS) is 38.8. The van der Waals surface area contributed by atoms with Gasteiger partial charge in [-0.05, 0) is 62.7 Å². The molecule has 4 aliphatic rings. The number of fused-ring (bicyclic) bond motifs is 3. The van der Waals surface area contributed by atoms with Gasteiger partial charge in [-0.1, -0.05) is 47.0 Å². The van der Waals surface area contributed by atoms with Crippen LogP contribution in [0.4, 0.5) is 0 Å². The van der Waals surface area contributed by atoms with Crippen LogP contribution in [0, 0.1) is 22.7 Å². The summed E-state index contributed by atoms with van der Waals surface area (Å²) in [6.07, 6.45) is 10.7. The van der Waals surface area contributed by atoms with Gasteiger partial charge in [0.2, 0.25) is 5.79 Å². The molecule has 1 heterocycles. The molecule has 3 saturated carbocycles. The van der Waals surface area contributed by atoms with Crippen molar-refractivity contribution < 1.29 is 23.6 Å². The predicted molar refractivity (Wildman–Crippen MR) is 125 cm³/mol. The molecular weight excluding hydrogens is 426 g/mol. The van der Waals surface area contributed by atoms with E-state index >= 15 is 0 Å². The van der Waals surface area contributed by atoms with Gasteiger partial charge in [0.15, 0.2) is 5.60 Å². The van der Waals surface area contributed by atoms with E-state index in [1.807, 2.05) is 12.0 Å².